The van der Waals surface area contributed by atoms with Crippen molar-refractivity contribution in [2.75, 3.05) is 30.6 Å². The molecule has 0 N–H and O–H groups in total. The number of halogens is 3. The van der Waals surface area contributed by atoms with Gasteiger partial charge in [-0.2, -0.15) is 0 Å². The first-order chi connectivity index (χ1) is 15.4. The highest BCUT2D eigenvalue weighted by Gasteiger charge is 2.22. The largest absolute Gasteiger partial charge is 0.493 e. The molecule has 0 heterocycles. The molecule has 2 rings (SSSR count). The van der Waals surface area contributed by atoms with Crippen LogP contribution in [0.4, 0.5) is 0 Å². The molecular formula is C22H27Cl3O6S2. The summed E-state index contributed by atoms with van der Waals surface area (Å²) in [5.41, 5.74) is 0. The minimum Gasteiger partial charge on any atom is -0.493 e. The molecule has 0 spiro atoms. The predicted octanol–water partition coefficient (Wildman–Crippen LogP) is 5.53. The molecule has 6 nitrogen and oxygen atoms in total. The minimum atomic E-state index is -3.89. The van der Waals surface area contributed by atoms with Crippen LogP contribution < -0.4 is 9.47 Å². The number of alkyl halides is 1. The van der Waals surface area contributed by atoms with Gasteiger partial charge in [-0.25, -0.2) is 16.8 Å². The number of sulfone groups is 2. The van der Waals surface area contributed by atoms with E-state index in [2.05, 4.69) is 0 Å². The number of hydrogen-bond donors (Lipinski definition) is 0. The first kappa shape index (κ1) is 28.1. The molecule has 2 aromatic rings. The minimum absolute atomic E-state index is 0.0297. The molecular weight excluding hydrogens is 531 g/mol. The summed E-state index contributed by atoms with van der Waals surface area (Å²) in [7, 11) is -6.99. The van der Waals surface area contributed by atoms with Gasteiger partial charge in [0.1, 0.15) is 15.6 Å². The highest BCUT2D eigenvalue weighted by Crippen LogP contribution is 2.37. The summed E-state index contributed by atoms with van der Waals surface area (Å²) < 4.78 is 60.7. The second-order valence-corrected chi connectivity index (χ2v) is 13.3. The standard InChI is InChI=1S/C22H27Cl3O6S2/c1-4-32(26,27)14-16(3)13-30-17-5-7-18(8-6-17)33(28,29)19-9-20(24)22(21(25)10-19)31-12-15(2)11-23/h5-10,15-16H,4,11-14H2,1-3H3/t15-,16+/m1/s1. The molecule has 0 saturated heterocycles. The lowest BCUT2D eigenvalue weighted by Gasteiger charge is -2.15. The van der Waals surface area contributed by atoms with Crippen molar-refractivity contribution < 1.29 is 26.3 Å². The summed E-state index contributed by atoms with van der Waals surface area (Å²) in [5.74, 6) is 1.02. The van der Waals surface area contributed by atoms with Crippen LogP contribution in [-0.2, 0) is 19.7 Å². The van der Waals surface area contributed by atoms with E-state index in [0.717, 1.165) is 0 Å². The number of benzene rings is 2. The van der Waals surface area contributed by atoms with Gasteiger partial charge >= 0.3 is 0 Å². The molecule has 0 aliphatic heterocycles. The maximum absolute atomic E-state index is 13.0. The zero-order valence-electron chi connectivity index (χ0n) is 18.6. The van der Waals surface area contributed by atoms with E-state index in [1.54, 1.807) is 13.8 Å². The number of hydrogen-bond acceptors (Lipinski definition) is 6. The Morgan fingerprint density at radius 3 is 1.91 bits per heavy atom. The van der Waals surface area contributed by atoms with E-state index in [-0.39, 0.29) is 55.5 Å². The van der Waals surface area contributed by atoms with Gasteiger partial charge in [0.15, 0.2) is 5.75 Å². The van der Waals surface area contributed by atoms with Crippen molar-refractivity contribution in [3.63, 3.8) is 0 Å². The molecule has 2 aromatic carbocycles. The van der Waals surface area contributed by atoms with Crippen LogP contribution in [0.3, 0.4) is 0 Å². The van der Waals surface area contributed by atoms with Crippen molar-refractivity contribution in [1.29, 1.82) is 0 Å². The Labute approximate surface area is 211 Å². The van der Waals surface area contributed by atoms with E-state index >= 15 is 0 Å². The lowest BCUT2D eigenvalue weighted by Crippen LogP contribution is -2.20. The molecule has 0 bridgehead atoms. The quantitative estimate of drug-likeness (QED) is 0.319. The van der Waals surface area contributed by atoms with Crippen LogP contribution >= 0.6 is 34.8 Å². The maximum Gasteiger partial charge on any atom is 0.206 e. The van der Waals surface area contributed by atoms with E-state index in [9.17, 15) is 16.8 Å². The summed E-state index contributed by atoms with van der Waals surface area (Å²) in [4.78, 5) is -0.0321. The summed E-state index contributed by atoms with van der Waals surface area (Å²) in [6, 6.07) is 8.44. The Morgan fingerprint density at radius 1 is 0.848 bits per heavy atom. The van der Waals surface area contributed by atoms with Crippen molar-refractivity contribution in [3.8, 4) is 11.5 Å². The molecule has 0 radical (unpaired) electrons. The van der Waals surface area contributed by atoms with E-state index in [1.807, 2.05) is 6.92 Å². The summed E-state index contributed by atoms with van der Waals surface area (Å²) in [6.07, 6.45) is 0. The van der Waals surface area contributed by atoms with Crippen LogP contribution in [-0.4, -0.2) is 47.4 Å². The maximum atomic E-state index is 13.0. The monoisotopic (exact) mass is 556 g/mol. The SMILES string of the molecule is CCS(=O)(=O)C[C@@H](C)COc1ccc(S(=O)(=O)c2cc(Cl)c(OC[C@H](C)CCl)c(Cl)c2)cc1. The second kappa shape index (κ2) is 12.0. The van der Waals surface area contributed by atoms with Crippen molar-refractivity contribution in [1.82, 2.24) is 0 Å². The van der Waals surface area contributed by atoms with Crippen molar-refractivity contribution >= 4 is 54.5 Å². The molecule has 0 fully saturated rings. The highest BCUT2D eigenvalue weighted by molar-refractivity contribution is 7.91. The fraction of sp³-hybridized carbons (Fsp3) is 0.455. The van der Waals surface area contributed by atoms with Gasteiger partial charge in [0.2, 0.25) is 9.84 Å². The molecule has 0 saturated carbocycles. The molecule has 0 aliphatic carbocycles. The van der Waals surface area contributed by atoms with Crippen molar-refractivity contribution in [2.24, 2.45) is 11.8 Å². The Bertz CT molecular complexity index is 1130. The van der Waals surface area contributed by atoms with Gasteiger partial charge in [0.05, 0.1) is 38.8 Å². The summed E-state index contributed by atoms with van der Waals surface area (Å²) >= 11 is 18.2. The lowest BCUT2D eigenvalue weighted by atomic mass is 10.2. The molecule has 11 heteroatoms. The second-order valence-electron chi connectivity index (χ2n) is 7.88. The van der Waals surface area contributed by atoms with E-state index in [0.29, 0.717) is 18.2 Å². The third-order valence-corrected chi connectivity index (χ3v) is 9.50. The number of rotatable bonds is 12. The molecule has 0 aromatic heterocycles. The van der Waals surface area contributed by atoms with Gasteiger partial charge in [-0.1, -0.05) is 44.0 Å². The average Bonchev–Trinajstić information content (AvgIpc) is 2.76. The van der Waals surface area contributed by atoms with Crippen LogP contribution in [0, 0.1) is 11.8 Å². The predicted molar refractivity (Wildman–Crippen MR) is 133 cm³/mol. The van der Waals surface area contributed by atoms with Gasteiger partial charge in [0, 0.05) is 23.5 Å². The smallest absolute Gasteiger partial charge is 0.206 e. The lowest BCUT2D eigenvalue weighted by molar-refractivity contribution is 0.271. The normalized spacial score (nSPS) is 14.0. The summed E-state index contributed by atoms with van der Waals surface area (Å²) in [5, 5.41) is 0.164. The first-order valence-corrected chi connectivity index (χ1v) is 14.8. The number of ether oxygens (including phenoxy) is 2. The van der Waals surface area contributed by atoms with E-state index in [4.69, 9.17) is 44.3 Å². The Morgan fingerprint density at radius 2 is 1.39 bits per heavy atom. The zero-order valence-corrected chi connectivity index (χ0v) is 22.5. The van der Waals surface area contributed by atoms with Gasteiger partial charge in [0.25, 0.3) is 0 Å². The molecule has 33 heavy (non-hydrogen) atoms. The molecule has 0 amide bonds. The Kier molecular flexibility index (Phi) is 10.2. The third kappa shape index (κ3) is 7.92. The topological polar surface area (TPSA) is 86.7 Å². The zero-order chi connectivity index (χ0) is 24.8. The van der Waals surface area contributed by atoms with Gasteiger partial charge in [-0.05, 0) is 36.4 Å². The van der Waals surface area contributed by atoms with Crippen LogP contribution in [0.1, 0.15) is 20.8 Å². The van der Waals surface area contributed by atoms with Crippen molar-refractivity contribution in [3.05, 3.63) is 46.4 Å². The van der Waals surface area contributed by atoms with Gasteiger partial charge in [-0.3, -0.25) is 0 Å². The fourth-order valence-electron chi connectivity index (χ4n) is 2.79. The molecule has 2 atom stereocenters. The Hall–Kier alpha value is -1.19. The van der Waals surface area contributed by atoms with Gasteiger partial charge in [-0.15, -0.1) is 11.6 Å². The van der Waals surface area contributed by atoms with Crippen molar-refractivity contribution in [2.45, 2.75) is 30.6 Å². The van der Waals surface area contributed by atoms with Gasteiger partial charge < -0.3 is 9.47 Å². The van der Waals surface area contributed by atoms with Crippen LogP contribution in [0.2, 0.25) is 10.0 Å². The first-order valence-electron chi connectivity index (χ1n) is 10.3. The molecule has 0 aliphatic rings. The highest BCUT2D eigenvalue weighted by atomic mass is 35.5. The molecule has 0 unspecified atom stereocenters. The summed E-state index contributed by atoms with van der Waals surface area (Å²) in [6.45, 7) is 5.77. The Balaban J connectivity index is 2.14. The fourth-order valence-corrected chi connectivity index (χ4v) is 6.11. The van der Waals surface area contributed by atoms with E-state index < -0.39 is 19.7 Å². The average molecular weight is 558 g/mol. The molecule has 184 valence electrons. The van der Waals surface area contributed by atoms with E-state index in [1.165, 1.54) is 36.4 Å². The van der Waals surface area contributed by atoms with Crippen LogP contribution in [0.15, 0.2) is 46.2 Å². The van der Waals surface area contributed by atoms with Crippen LogP contribution in [0.5, 0.6) is 11.5 Å². The van der Waals surface area contributed by atoms with Crippen LogP contribution in [0.25, 0.3) is 0 Å². The third-order valence-electron chi connectivity index (χ3n) is 4.70.